The molecular formula is C28H16BrF3N2O5S. The third-order valence-electron chi connectivity index (χ3n) is 6.04. The van der Waals surface area contributed by atoms with Crippen molar-refractivity contribution in [2.75, 3.05) is 0 Å². The summed E-state index contributed by atoms with van der Waals surface area (Å²) in [6, 6.07) is 19.7. The predicted molar refractivity (Wildman–Crippen MR) is 148 cm³/mol. The smallest absolute Gasteiger partial charge is 0.416 e. The average Bonchev–Trinajstić information content (AvgIpc) is 3.17. The lowest BCUT2D eigenvalue weighted by molar-refractivity contribution is -0.385. The number of amides is 2. The molecule has 2 amide bonds. The molecule has 0 atom stereocenters. The van der Waals surface area contributed by atoms with Gasteiger partial charge in [0.15, 0.2) is 0 Å². The number of hydrogen-bond acceptors (Lipinski definition) is 6. The molecule has 0 unspecified atom stereocenters. The Bertz CT molecular complexity index is 1720. The summed E-state index contributed by atoms with van der Waals surface area (Å²) in [4.78, 5) is 37.8. The molecule has 0 bridgehead atoms. The molecule has 1 heterocycles. The van der Waals surface area contributed by atoms with Crippen molar-refractivity contribution in [3.8, 4) is 11.5 Å². The van der Waals surface area contributed by atoms with Crippen LogP contribution in [0, 0.1) is 10.1 Å². The van der Waals surface area contributed by atoms with E-state index < -0.39 is 39.2 Å². The number of nitrogens with zero attached hydrogens (tertiary/aromatic N) is 2. The predicted octanol–water partition coefficient (Wildman–Crippen LogP) is 8.56. The first kappa shape index (κ1) is 27.4. The number of nitro groups is 1. The fourth-order valence-electron chi connectivity index (χ4n) is 4.14. The molecule has 1 fully saturated rings. The summed E-state index contributed by atoms with van der Waals surface area (Å²) in [5.41, 5.74) is -0.997. The summed E-state index contributed by atoms with van der Waals surface area (Å²) >= 11 is 4.05. The molecule has 12 heteroatoms. The van der Waals surface area contributed by atoms with Gasteiger partial charge in [-0.05, 0) is 64.5 Å². The van der Waals surface area contributed by atoms with Crippen molar-refractivity contribution < 1.29 is 32.4 Å². The van der Waals surface area contributed by atoms with Crippen LogP contribution in [0.15, 0.2) is 88.2 Å². The highest BCUT2D eigenvalue weighted by atomic mass is 79.9. The summed E-state index contributed by atoms with van der Waals surface area (Å²) in [7, 11) is 0. The van der Waals surface area contributed by atoms with Crippen LogP contribution < -0.4 is 4.74 Å². The van der Waals surface area contributed by atoms with Crippen LogP contribution in [0.4, 0.5) is 23.7 Å². The number of benzene rings is 4. The van der Waals surface area contributed by atoms with Crippen LogP contribution in [0.25, 0.3) is 16.8 Å². The van der Waals surface area contributed by atoms with E-state index in [1.165, 1.54) is 12.1 Å². The topological polar surface area (TPSA) is 89.7 Å². The maximum Gasteiger partial charge on any atom is 0.416 e. The van der Waals surface area contributed by atoms with Crippen molar-refractivity contribution in [2.24, 2.45) is 0 Å². The van der Waals surface area contributed by atoms with E-state index in [0.29, 0.717) is 16.6 Å². The normalized spacial score (nSPS) is 14.8. The van der Waals surface area contributed by atoms with E-state index in [2.05, 4.69) is 15.9 Å². The first-order valence-corrected chi connectivity index (χ1v) is 13.2. The van der Waals surface area contributed by atoms with Crippen LogP contribution in [0.5, 0.6) is 11.5 Å². The van der Waals surface area contributed by atoms with E-state index in [4.69, 9.17) is 4.74 Å². The van der Waals surface area contributed by atoms with Crippen molar-refractivity contribution in [3.63, 3.8) is 0 Å². The monoisotopic (exact) mass is 628 g/mol. The van der Waals surface area contributed by atoms with Crippen LogP contribution in [0.2, 0.25) is 0 Å². The molecule has 40 heavy (non-hydrogen) atoms. The van der Waals surface area contributed by atoms with Crippen LogP contribution in [-0.4, -0.2) is 21.0 Å². The lowest BCUT2D eigenvalue weighted by atomic mass is 10.0. The lowest BCUT2D eigenvalue weighted by Crippen LogP contribution is -2.27. The van der Waals surface area contributed by atoms with Gasteiger partial charge in [-0.2, -0.15) is 13.2 Å². The summed E-state index contributed by atoms with van der Waals surface area (Å²) in [6.45, 7) is 0.0585. The molecule has 0 N–H and O–H groups in total. The highest BCUT2D eigenvalue weighted by Gasteiger charge is 2.36. The Kier molecular flexibility index (Phi) is 7.39. The van der Waals surface area contributed by atoms with Gasteiger partial charge in [-0.15, -0.1) is 0 Å². The van der Waals surface area contributed by atoms with Crippen LogP contribution >= 0.6 is 27.7 Å². The average molecular weight is 629 g/mol. The third kappa shape index (κ3) is 5.58. The van der Waals surface area contributed by atoms with Crippen molar-refractivity contribution >= 4 is 61.4 Å². The van der Waals surface area contributed by atoms with Gasteiger partial charge in [-0.1, -0.05) is 58.4 Å². The highest BCUT2D eigenvalue weighted by Crippen LogP contribution is 2.41. The molecule has 0 radical (unpaired) electrons. The first-order valence-electron chi connectivity index (χ1n) is 11.6. The number of carbonyl (C=O) groups excluding carboxylic acids is 2. The summed E-state index contributed by atoms with van der Waals surface area (Å²) in [5.74, 6) is -0.916. The van der Waals surface area contributed by atoms with Crippen LogP contribution in [-0.2, 0) is 17.5 Å². The fraction of sp³-hybridized carbons (Fsp3) is 0.0714. The zero-order chi connectivity index (χ0) is 28.6. The molecule has 1 aliphatic heterocycles. The summed E-state index contributed by atoms with van der Waals surface area (Å²) < 4.78 is 45.5. The van der Waals surface area contributed by atoms with Crippen molar-refractivity contribution in [2.45, 2.75) is 12.7 Å². The summed E-state index contributed by atoms with van der Waals surface area (Å²) in [5, 5.41) is 12.9. The van der Waals surface area contributed by atoms with Gasteiger partial charge in [0.05, 0.1) is 21.9 Å². The molecule has 0 saturated carbocycles. The number of rotatable bonds is 6. The number of hydrogen-bond donors (Lipinski definition) is 0. The molecule has 4 aromatic rings. The second kappa shape index (κ2) is 10.8. The van der Waals surface area contributed by atoms with Crippen molar-refractivity contribution in [1.82, 2.24) is 4.90 Å². The number of ether oxygens (including phenoxy) is 1. The van der Waals surface area contributed by atoms with Gasteiger partial charge in [0.25, 0.3) is 11.1 Å². The Morgan fingerprint density at radius 2 is 1.70 bits per heavy atom. The van der Waals surface area contributed by atoms with E-state index in [0.717, 1.165) is 39.1 Å². The Morgan fingerprint density at radius 3 is 2.45 bits per heavy atom. The second-order valence-electron chi connectivity index (χ2n) is 8.63. The largest absolute Gasteiger partial charge is 0.449 e. The van der Waals surface area contributed by atoms with Crippen LogP contribution in [0.1, 0.15) is 16.7 Å². The number of alkyl halides is 3. The Morgan fingerprint density at radius 1 is 0.975 bits per heavy atom. The van der Waals surface area contributed by atoms with Gasteiger partial charge in [0.2, 0.25) is 5.75 Å². The summed E-state index contributed by atoms with van der Waals surface area (Å²) in [6.07, 6.45) is -3.37. The molecule has 1 saturated heterocycles. The number of carbonyl (C=O) groups is 2. The second-order valence-corrected chi connectivity index (χ2v) is 10.5. The minimum absolute atomic E-state index is 0.0342. The van der Waals surface area contributed by atoms with E-state index in [-0.39, 0.29) is 22.8 Å². The fourth-order valence-corrected chi connectivity index (χ4v) is 5.35. The van der Waals surface area contributed by atoms with Gasteiger partial charge in [0.1, 0.15) is 5.75 Å². The van der Waals surface area contributed by atoms with Gasteiger partial charge >= 0.3 is 11.9 Å². The SMILES string of the molecule is O=C1S/C(=C/c2cc(Br)ccc2Oc2ccc(C(F)(F)F)cc2[N+](=O)[O-])C(=O)N1Cc1cccc2ccccc12. The van der Waals surface area contributed by atoms with Crippen molar-refractivity contribution in [3.05, 3.63) is 115 Å². The standard InChI is InChI=1S/C28H16BrF3N2O5S/c29-20-9-11-23(39-24-10-8-19(28(30,31)32)14-22(24)34(37)38)18(12-20)13-25-26(35)33(27(36)40-25)15-17-6-3-5-16-4-1-2-7-21(16)17/h1-14H,15H2/b25-13+. The quantitative estimate of drug-likeness (QED) is 0.121. The third-order valence-corrected chi connectivity index (χ3v) is 7.44. The number of nitro benzene ring substituents is 1. The van der Waals surface area contributed by atoms with Gasteiger partial charge < -0.3 is 4.74 Å². The van der Waals surface area contributed by atoms with E-state index in [9.17, 15) is 32.9 Å². The molecule has 4 aromatic carbocycles. The van der Waals surface area contributed by atoms with Gasteiger partial charge in [-0.25, -0.2) is 0 Å². The molecule has 5 rings (SSSR count). The molecule has 1 aliphatic rings. The van der Waals surface area contributed by atoms with Gasteiger partial charge in [-0.3, -0.25) is 24.6 Å². The molecule has 202 valence electrons. The van der Waals surface area contributed by atoms with Crippen molar-refractivity contribution in [1.29, 1.82) is 0 Å². The number of fused-ring (bicyclic) bond motifs is 1. The first-order chi connectivity index (χ1) is 19.0. The van der Waals surface area contributed by atoms with E-state index in [1.807, 2.05) is 42.5 Å². The molecule has 7 nitrogen and oxygen atoms in total. The van der Waals surface area contributed by atoms with E-state index in [1.54, 1.807) is 12.1 Å². The van der Waals surface area contributed by atoms with E-state index >= 15 is 0 Å². The molecule has 0 aromatic heterocycles. The maximum atomic E-state index is 13.3. The number of halogens is 4. The number of thioether (sulfide) groups is 1. The van der Waals surface area contributed by atoms with Crippen LogP contribution in [0.3, 0.4) is 0 Å². The minimum Gasteiger partial charge on any atom is -0.449 e. The molecule has 0 aliphatic carbocycles. The zero-order valence-electron chi connectivity index (χ0n) is 20.1. The zero-order valence-corrected chi connectivity index (χ0v) is 22.5. The number of imide groups is 1. The molecular weight excluding hydrogens is 613 g/mol. The Balaban J connectivity index is 1.46. The minimum atomic E-state index is -4.78. The molecule has 0 spiro atoms. The maximum absolute atomic E-state index is 13.3. The Labute approximate surface area is 237 Å². The highest BCUT2D eigenvalue weighted by molar-refractivity contribution is 9.10. The Hall–Kier alpha value is -4.16. The lowest BCUT2D eigenvalue weighted by Gasteiger charge is -2.14. The van der Waals surface area contributed by atoms with Gasteiger partial charge in [0, 0.05) is 16.1 Å².